The van der Waals surface area contributed by atoms with Crippen molar-refractivity contribution in [1.82, 2.24) is 24.8 Å². The van der Waals surface area contributed by atoms with Crippen molar-refractivity contribution in [1.29, 1.82) is 0 Å². The van der Waals surface area contributed by atoms with Crippen LogP contribution in [0.15, 0.2) is 59.5 Å². The van der Waals surface area contributed by atoms with Crippen LogP contribution in [-0.4, -0.2) is 30.7 Å². The molecule has 1 aromatic carbocycles. The zero-order valence-electron chi connectivity index (χ0n) is 13.1. The molecule has 1 atom stereocenters. The Hall–Kier alpha value is -3.48. The molecule has 3 aromatic heterocycles. The molecule has 25 heavy (non-hydrogen) atoms. The van der Waals surface area contributed by atoms with E-state index in [1.165, 1.54) is 0 Å². The molecule has 7 nitrogen and oxygen atoms in total. The quantitative estimate of drug-likeness (QED) is 0.610. The molecule has 0 spiro atoms. The Labute approximate surface area is 142 Å². The van der Waals surface area contributed by atoms with Gasteiger partial charge in [0.25, 0.3) is 5.91 Å². The lowest BCUT2D eigenvalue weighted by Crippen LogP contribution is -2.31. The number of aromatic amines is 1. The van der Waals surface area contributed by atoms with E-state index in [1.54, 1.807) is 35.8 Å². The van der Waals surface area contributed by atoms with Gasteiger partial charge in [-0.2, -0.15) is 0 Å². The highest BCUT2D eigenvalue weighted by Crippen LogP contribution is 2.38. The summed E-state index contributed by atoms with van der Waals surface area (Å²) in [6, 6.07) is 10.6. The molecule has 1 aliphatic rings. The van der Waals surface area contributed by atoms with E-state index in [0.717, 1.165) is 16.9 Å². The van der Waals surface area contributed by atoms with Crippen LogP contribution >= 0.6 is 0 Å². The number of carbonyl (C=O) groups excluding carboxylic acids is 1. The Kier molecular flexibility index (Phi) is 2.93. The molecule has 0 unspecified atom stereocenters. The largest absolute Gasteiger partial charge is 0.438 e. The fraction of sp³-hybridized carbons (Fsp3) is 0.111. The predicted molar refractivity (Wildman–Crippen MR) is 88.6 cm³/mol. The Balaban J connectivity index is 1.61. The second-order valence-corrected chi connectivity index (χ2v) is 5.86. The standard InChI is InChI=1S/C18H13N5O2/c24-18(11-4-3-7-19-8-11)23-9-13-15(21-10-20-13)16(23)17-22-12-5-1-2-6-14(12)25-17/h1-8,10,16H,9H2,(H,20,21)/t16-/m0/s1. The lowest BCUT2D eigenvalue weighted by Gasteiger charge is -2.22. The lowest BCUT2D eigenvalue weighted by molar-refractivity contribution is 0.0696. The maximum absolute atomic E-state index is 13.0. The number of fused-ring (bicyclic) bond motifs is 2. The molecule has 1 aliphatic heterocycles. The van der Waals surface area contributed by atoms with Crippen molar-refractivity contribution < 1.29 is 9.21 Å². The number of hydrogen-bond acceptors (Lipinski definition) is 5. The summed E-state index contributed by atoms with van der Waals surface area (Å²) in [6.45, 7) is 0.423. The highest BCUT2D eigenvalue weighted by atomic mass is 16.4. The van der Waals surface area contributed by atoms with Crippen LogP contribution in [-0.2, 0) is 6.54 Å². The number of imidazole rings is 1. The third-order valence-electron chi connectivity index (χ3n) is 4.36. The molecule has 0 aliphatic carbocycles. The van der Waals surface area contributed by atoms with Crippen molar-refractivity contribution in [2.24, 2.45) is 0 Å². The molecule has 0 radical (unpaired) electrons. The third kappa shape index (κ3) is 2.13. The maximum Gasteiger partial charge on any atom is 0.256 e. The summed E-state index contributed by atoms with van der Waals surface area (Å²) in [5, 5.41) is 0. The van der Waals surface area contributed by atoms with Gasteiger partial charge in [-0.3, -0.25) is 9.78 Å². The first-order chi connectivity index (χ1) is 12.3. The number of aromatic nitrogens is 4. The van der Waals surface area contributed by atoms with Crippen LogP contribution in [0.3, 0.4) is 0 Å². The van der Waals surface area contributed by atoms with E-state index in [1.807, 2.05) is 24.3 Å². The second-order valence-electron chi connectivity index (χ2n) is 5.86. The van der Waals surface area contributed by atoms with E-state index in [0.29, 0.717) is 23.6 Å². The summed E-state index contributed by atoms with van der Waals surface area (Å²) in [7, 11) is 0. The van der Waals surface area contributed by atoms with E-state index >= 15 is 0 Å². The summed E-state index contributed by atoms with van der Waals surface area (Å²) in [5.74, 6) is 0.330. The first kappa shape index (κ1) is 13.9. The fourth-order valence-electron chi connectivity index (χ4n) is 3.20. The van der Waals surface area contributed by atoms with Gasteiger partial charge in [-0.15, -0.1) is 0 Å². The van der Waals surface area contributed by atoms with Crippen molar-refractivity contribution in [3.63, 3.8) is 0 Å². The number of pyridine rings is 1. The monoisotopic (exact) mass is 331 g/mol. The molecule has 0 fully saturated rings. The number of carbonyl (C=O) groups is 1. The van der Waals surface area contributed by atoms with Gasteiger partial charge < -0.3 is 14.3 Å². The van der Waals surface area contributed by atoms with Gasteiger partial charge in [0.2, 0.25) is 5.89 Å². The Morgan fingerprint density at radius 2 is 2.16 bits per heavy atom. The van der Waals surface area contributed by atoms with E-state index in [9.17, 15) is 4.79 Å². The summed E-state index contributed by atoms with van der Waals surface area (Å²) in [5.41, 5.74) is 3.63. The molecule has 4 aromatic rings. The molecule has 1 amide bonds. The van der Waals surface area contributed by atoms with Crippen LogP contribution in [0.25, 0.3) is 11.1 Å². The van der Waals surface area contributed by atoms with Gasteiger partial charge in [-0.1, -0.05) is 12.1 Å². The molecule has 1 N–H and O–H groups in total. The van der Waals surface area contributed by atoms with Crippen molar-refractivity contribution in [3.05, 3.63) is 78.0 Å². The highest BCUT2D eigenvalue weighted by Gasteiger charge is 2.40. The number of para-hydroxylation sites is 2. The first-order valence-corrected chi connectivity index (χ1v) is 7.90. The molecule has 0 saturated heterocycles. The number of amides is 1. The van der Waals surface area contributed by atoms with Crippen LogP contribution in [0, 0.1) is 0 Å². The summed E-state index contributed by atoms with van der Waals surface area (Å²) in [6.07, 6.45) is 4.83. The molecule has 7 heteroatoms. The van der Waals surface area contributed by atoms with Gasteiger partial charge in [-0.25, -0.2) is 9.97 Å². The Morgan fingerprint density at radius 3 is 3.00 bits per heavy atom. The van der Waals surface area contributed by atoms with Crippen molar-refractivity contribution >= 4 is 17.0 Å². The number of nitrogens with one attached hydrogen (secondary N) is 1. The van der Waals surface area contributed by atoms with Crippen molar-refractivity contribution in [2.45, 2.75) is 12.6 Å². The van der Waals surface area contributed by atoms with Crippen LogP contribution < -0.4 is 0 Å². The summed E-state index contributed by atoms with van der Waals surface area (Å²) in [4.78, 5) is 30.8. The van der Waals surface area contributed by atoms with E-state index in [2.05, 4.69) is 19.9 Å². The number of oxazole rings is 1. The SMILES string of the molecule is O=C(c1cccnc1)N1Cc2[nH]cnc2[C@H]1c1nc2ccccc2o1. The molecule has 4 heterocycles. The number of nitrogens with zero attached hydrogens (tertiary/aromatic N) is 4. The average molecular weight is 331 g/mol. The Bertz CT molecular complexity index is 1040. The highest BCUT2D eigenvalue weighted by molar-refractivity contribution is 5.94. The average Bonchev–Trinajstić information content (AvgIpc) is 3.34. The van der Waals surface area contributed by atoms with Crippen LogP contribution in [0.2, 0.25) is 0 Å². The second kappa shape index (κ2) is 5.27. The summed E-state index contributed by atoms with van der Waals surface area (Å²) >= 11 is 0. The molecule has 5 rings (SSSR count). The van der Waals surface area contributed by atoms with Crippen LogP contribution in [0.4, 0.5) is 0 Å². The molecule has 0 saturated carbocycles. The third-order valence-corrected chi connectivity index (χ3v) is 4.36. The number of benzene rings is 1. The van der Waals surface area contributed by atoms with Crippen LogP contribution in [0.1, 0.15) is 33.7 Å². The van der Waals surface area contributed by atoms with Gasteiger partial charge in [0.05, 0.1) is 29.8 Å². The zero-order chi connectivity index (χ0) is 16.8. The number of rotatable bonds is 2. The van der Waals surface area contributed by atoms with E-state index < -0.39 is 6.04 Å². The number of H-pyrrole nitrogens is 1. The molecule has 122 valence electrons. The minimum absolute atomic E-state index is 0.133. The topological polar surface area (TPSA) is 87.9 Å². The minimum Gasteiger partial charge on any atom is -0.438 e. The smallest absolute Gasteiger partial charge is 0.256 e. The fourth-order valence-corrected chi connectivity index (χ4v) is 3.20. The van der Waals surface area contributed by atoms with Crippen molar-refractivity contribution in [3.8, 4) is 0 Å². The van der Waals surface area contributed by atoms with Crippen molar-refractivity contribution in [2.75, 3.05) is 0 Å². The van der Waals surface area contributed by atoms with E-state index in [4.69, 9.17) is 4.42 Å². The zero-order valence-corrected chi connectivity index (χ0v) is 13.1. The van der Waals surface area contributed by atoms with Gasteiger partial charge in [0.1, 0.15) is 5.52 Å². The lowest BCUT2D eigenvalue weighted by atomic mass is 10.2. The van der Waals surface area contributed by atoms with Gasteiger partial charge in [0.15, 0.2) is 11.6 Å². The molecule has 0 bridgehead atoms. The predicted octanol–water partition coefficient (Wildman–Crippen LogP) is 2.69. The van der Waals surface area contributed by atoms with Gasteiger partial charge >= 0.3 is 0 Å². The minimum atomic E-state index is -0.457. The van der Waals surface area contributed by atoms with Gasteiger partial charge in [0, 0.05) is 12.4 Å². The van der Waals surface area contributed by atoms with E-state index in [-0.39, 0.29) is 5.91 Å². The number of hydrogen-bond donors (Lipinski definition) is 1. The Morgan fingerprint density at radius 1 is 1.24 bits per heavy atom. The molecular weight excluding hydrogens is 318 g/mol. The molecular formula is C18H13N5O2. The van der Waals surface area contributed by atoms with Crippen LogP contribution in [0.5, 0.6) is 0 Å². The maximum atomic E-state index is 13.0. The van der Waals surface area contributed by atoms with Gasteiger partial charge in [-0.05, 0) is 24.3 Å². The summed E-state index contributed by atoms with van der Waals surface area (Å²) < 4.78 is 5.92. The normalized spacial score (nSPS) is 16.3. The first-order valence-electron chi connectivity index (χ1n) is 7.90.